The molecule has 0 aliphatic carbocycles. The van der Waals surface area contributed by atoms with Crippen LogP contribution in [0.1, 0.15) is 55.5 Å². The summed E-state index contributed by atoms with van der Waals surface area (Å²) in [5.74, 6) is -0.100. The fourth-order valence-corrected chi connectivity index (χ4v) is 1.94. The molecule has 0 atom stereocenters. The topological polar surface area (TPSA) is 46.5 Å². The van der Waals surface area contributed by atoms with Gasteiger partial charge in [-0.1, -0.05) is 26.2 Å². The Hall–Kier alpha value is -1.51. The first-order chi connectivity index (χ1) is 8.69. The molecule has 3 nitrogen and oxygen atoms in total. The molecule has 18 heavy (non-hydrogen) atoms. The number of hydrogen-bond donors (Lipinski definition) is 1. The van der Waals surface area contributed by atoms with Crippen LogP contribution in [0.5, 0.6) is 5.75 Å². The number of esters is 1. The molecule has 0 amide bonds. The summed E-state index contributed by atoms with van der Waals surface area (Å²) in [6.45, 7) is 4.33. The maximum atomic E-state index is 11.8. The fraction of sp³-hybridized carbons (Fsp3) is 0.533. The van der Waals surface area contributed by atoms with Crippen molar-refractivity contribution in [2.75, 3.05) is 6.61 Å². The van der Waals surface area contributed by atoms with Crippen LogP contribution in [0.3, 0.4) is 0 Å². The first-order valence-electron chi connectivity index (χ1n) is 6.68. The van der Waals surface area contributed by atoms with E-state index in [-0.39, 0.29) is 11.7 Å². The molecule has 1 aromatic carbocycles. The summed E-state index contributed by atoms with van der Waals surface area (Å²) < 4.78 is 5.02. The Bertz CT molecular complexity index is 385. The Balaban J connectivity index is 2.73. The summed E-state index contributed by atoms with van der Waals surface area (Å²) in [4.78, 5) is 11.8. The number of ether oxygens (including phenoxy) is 1. The Labute approximate surface area is 109 Å². The molecular formula is C15H22O3. The van der Waals surface area contributed by atoms with Crippen molar-refractivity contribution in [3.63, 3.8) is 0 Å². The second-order valence-electron chi connectivity index (χ2n) is 4.37. The van der Waals surface area contributed by atoms with E-state index in [2.05, 4.69) is 6.92 Å². The third-order valence-corrected chi connectivity index (χ3v) is 2.88. The van der Waals surface area contributed by atoms with E-state index in [9.17, 15) is 9.90 Å². The van der Waals surface area contributed by atoms with Gasteiger partial charge in [0.25, 0.3) is 0 Å². The largest absolute Gasteiger partial charge is 0.508 e. The molecule has 0 bridgehead atoms. The van der Waals surface area contributed by atoms with E-state index in [0.717, 1.165) is 24.8 Å². The highest BCUT2D eigenvalue weighted by Gasteiger charge is 2.12. The van der Waals surface area contributed by atoms with Crippen molar-refractivity contribution in [2.24, 2.45) is 0 Å². The molecule has 0 radical (unpaired) electrons. The van der Waals surface area contributed by atoms with Gasteiger partial charge in [0.1, 0.15) is 5.75 Å². The fourth-order valence-electron chi connectivity index (χ4n) is 1.94. The number of aryl methyl sites for hydroxylation is 1. The van der Waals surface area contributed by atoms with E-state index < -0.39 is 0 Å². The average molecular weight is 250 g/mol. The number of carbonyl (C=O) groups is 1. The van der Waals surface area contributed by atoms with Crippen LogP contribution in [-0.2, 0) is 11.2 Å². The van der Waals surface area contributed by atoms with Crippen LogP contribution in [0.2, 0.25) is 0 Å². The smallest absolute Gasteiger partial charge is 0.338 e. The minimum atomic E-state index is -0.303. The lowest BCUT2D eigenvalue weighted by Gasteiger charge is -2.09. The quantitative estimate of drug-likeness (QED) is 0.593. The van der Waals surface area contributed by atoms with Gasteiger partial charge >= 0.3 is 5.97 Å². The van der Waals surface area contributed by atoms with Crippen LogP contribution in [0, 0.1) is 0 Å². The van der Waals surface area contributed by atoms with E-state index in [4.69, 9.17) is 4.74 Å². The lowest BCUT2D eigenvalue weighted by Crippen LogP contribution is -2.08. The summed E-state index contributed by atoms with van der Waals surface area (Å²) in [6, 6.07) is 4.84. The van der Waals surface area contributed by atoms with E-state index in [1.165, 1.54) is 18.9 Å². The highest BCUT2D eigenvalue weighted by molar-refractivity contribution is 5.91. The first kappa shape index (κ1) is 14.6. The van der Waals surface area contributed by atoms with Crippen LogP contribution in [-0.4, -0.2) is 17.7 Å². The van der Waals surface area contributed by atoms with E-state index in [0.29, 0.717) is 12.2 Å². The van der Waals surface area contributed by atoms with Crippen LogP contribution >= 0.6 is 0 Å². The van der Waals surface area contributed by atoms with Crippen molar-refractivity contribution in [3.05, 3.63) is 29.3 Å². The normalized spacial score (nSPS) is 10.3. The third-order valence-electron chi connectivity index (χ3n) is 2.88. The summed E-state index contributed by atoms with van der Waals surface area (Å²) >= 11 is 0. The number of carbonyl (C=O) groups excluding carboxylic acids is 1. The maximum Gasteiger partial charge on any atom is 0.338 e. The second-order valence-corrected chi connectivity index (χ2v) is 4.37. The van der Waals surface area contributed by atoms with Gasteiger partial charge in [-0.2, -0.15) is 0 Å². The van der Waals surface area contributed by atoms with Gasteiger partial charge in [-0.15, -0.1) is 0 Å². The van der Waals surface area contributed by atoms with Crippen molar-refractivity contribution in [3.8, 4) is 5.75 Å². The monoisotopic (exact) mass is 250 g/mol. The molecule has 0 aromatic heterocycles. The number of rotatable bonds is 7. The number of aromatic hydroxyl groups is 1. The van der Waals surface area contributed by atoms with Gasteiger partial charge in [-0.25, -0.2) is 4.79 Å². The molecule has 1 rings (SSSR count). The summed E-state index contributed by atoms with van der Waals surface area (Å²) in [5, 5.41) is 9.50. The summed E-state index contributed by atoms with van der Waals surface area (Å²) in [7, 11) is 0. The van der Waals surface area contributed by atoms with Gasteiger partial charge < -0.3 is 9.84 Å². The molecule has 0 heterocycles. The average Bonchev–Trinajstić information content (AvgIpc) is 2.35. The van der Waals surface area contributed by atoms with Gasteiger partial charge in [-0.05, 0) is 43.5 Å². The van der Waals surface area contributed by atoms with E-state index >= 15 is 0 Å². The number of unbranched alkanes of at least 4 members (excludes halogenated alkanes) is 3. The van der Waals surface area contributed by atoms with E-state index in [1.807, 2.05) is 0 Å². The summed E-state index contributed by atoms with van der Waals surface area (Å²) in [6.07, 6.45) is 5.37. The SMILES string of the molecule is CCCCCCc1cc(O)ccc1C(=O)OCC. The molecule has 1 aromatic rings. The Morgan fingerprint density at radius 2 is 2.00 bits per heavy atom. The van der Waals surface area contributed by atoms with Crippen molar-refractivity contribution in [1.82, 2.24) is 0 Å². The minimum absolute atomic E-state index is 0.202. The lowest BCUT2D eigenvalue weighted by molar-refractivity contribution is 0.0525. The third kappa shape index (κ3) is 4.40. The Kier molecular flexibility index (Phi) is 6.26. The standard InChI is InChI=1S/C15H22O3/c1-3-5-6-7-8-12-11-13(16)9-10-14(12)15(17)18-4-2/h9-11,16H,3-8H2,1-2H3. The molecule has 0 saturated heterocycles. The number of phenolic OH excluding ortho intramolecular Hbond substituents is 1. The van der Waals surface area contributed by atoms with Crippen molar-refractivity contribution in [1.29, 1.82) is 0 Å². The van der Waals surface area contributed by atoms with Gasteiger partial charge in [-0.3, -0.25) is 0 Å². The van der Waals surface area contributed by atoms with Crippen molar-refractivity contribution >= 4 is 5.97 Å². The van der Waals surface area contributed by atoms with Gasteiger partial charge in [0.2, 0.25) is 0 Å². The number of benzene rings is 1. The van der Waals surface area contributed by atoms with Crippen LogP contribution in [0.15, 0.2) is 18.2 Å². The van der Waals surface area contributed by atoms with Crippen LogP contribution in [0.25, 0.3) is 0 Å². The molecule has 0 aliphatic heterocycles. The molecule has 100 valence electrons. The highest BCUT2D eigenvalue weighted by Crippen LogP contribution is 2.20. The maximum absolute atomic E-state index is 11.8. The van der Waals surface area contributed by atoms with E-state index in [1.54, 1.807) is 19.1 Å². The first-order valence-corrected chi connectivity index (χ1v) is 6.68. The zero-order valence-corrected chi connectivity index (χ0v) is 11.2. The summed E-state index contributed by atoms with van der Waals surface area (Å²) in [5.41, 5.74) is 1.45. The van der Waals surface area contributed by atoms with Crippen molar-refractivity contribution < 1.29 is 14.6 Å². The van der Waals surface area contributed by atoms with Crippen LogP contribution < -0.4 is 0 Å². The molecule has 0 fully saturated rings. The minimum Gasteiger partial charge on any atom is -0.508 e. The molecular weight excluding hydrogens is 228 g/mol. The Morgan fingerprint density at radius 1 is 1.22 bits per heavy atom. The zero-order valence-electron chi connectivity index (χ0n) is 11.2. The second kappa shape index (κ2) is 7.75. The number of phenols is 1. The van der Waals surface area contributed by atoms with Crippen molar-refractivity contribution in [2.45, 2.75) is 46.0 Å². The van der Waals surface area contributed by atoms with Gasteiger partial charge in [0.05, 0.1) is 12.2 Å². The Morgan fingerprint density at radius 3 is 2.67 bits per heavy atom. The van der Waals surface area contributed by atoms with Crippen LogP contribution in [0.4, 0.5) is 0 Å². The predicted octanol–water partition coefficient (Wildman–Crippen LogP) is 3.69. The molecule has 0 spiro atoms. The highest BCUT2D eigenvalue weighted by atomic mass is 16.5. The molecule has 0 unspecified atom stereocenters. The molecule has 3 heteroatoms. The van der Waals surface area contributed by atoms with Gasteiger partial charge in [0, 0.05) is 0 Å². The van der Waals surface area contributed by atoms with Gasteiger partial charge in [0.15, 0.2) is 0 Å². The number of hydrogen-bond acceptors (Lipinski definition) is 3. The molecule has 0 aliphatic rings. The lowest BCUT2D eigenvalue weighted by atomic mass is 10.0. The predicted molar refractivity (Wildman–Crippen MR) is 71.9 cm³/mol. The molecule has 0 saturated carbocycles. The zero-order chi connectivity index (χ0) is 13.4. The molecule has 1 N–H and O–H groups in total.